The van der Waals surface area contributed by atoms with Crippen LogP contribution in [-0.2, 0) is 9.59 Å². The summed E-state index contributed by atoms with van der Waals surface area (Å²) in [5.74, 6) is 2.14. The molecule has 4 heteroatoms. The molecule has 2 saturated carbocycles. The van der Waals surface area contributed by atoms with Gasteiger partial charge in [0.05, 0.1) is 0 Å². The van der Waals surface area contributed by atoms with Gasteiger partial charge in [0, 0.05) is 38.0 Å². The van der Waals surface area contributed by atoms with Gasteiger partial charge in [-0.1, -0.05) is 51.4 Å². The lowest BCUT2D eigenvalue weighted by Crippen LogP contribution is -2.59. The molecule has 1 saturated heterocycles. The lowest BCUT2D eigenvalue weighted by atomic mass is 9.99. The highest BCUT2D eigenvalue weighted by molar-refractivity contribution is 5.79. The minimum Gasteiger partial charge on any atom is -0.336 e. The van der Waals surface area contributed by atoms with Crippen LogP contribution in [-0.4, -0.2) is 46.8 Å². The second-order valence-corrected chi connectivity index (χ2v) is 9.17. The molecule has 2 aliphatic carbocycles. The number of amides is 2. The summed E-state index contributed by atoms with van der Waals surface area (Å²) in [6.07, 6.45) is 14.1. The molecule has 2 atom stereocenters. The van der Waals surface area contributed by atoms with Crippen LogP contribution in [0.15, 0.2) is 0 Å². The second kappa shape index (κ2) is 9.23. The molecule has 3 aliphatic rings. The smallest absolute Gasteiger partial charge is 0.222 e. The molecule has 0 N–H and O–H groups in total. The molecule has 1 aliphatic heterocycles. The third-order valence-corrected chi connectivity index (χ3v) is 7.11. The van der Waals surface area contributed by atoms with Gasteiger partial charge < -0.3 is 9.80 Å². The Kier molecular flexibility index (Phi) is 6.99. The number of hydrogen-bond acceptors (Lipinski definition) is 2. The molecule has 0 spiro atoms. The molecule has 1 heterocycles. The Hall–Kier alpha value is -1.06. The van der Waals surface area contributed by atoms with Crippen molar-refractivity contribution >= 4 is 11.8 Å². The summed E-state index contributed by atoms with van der Waals surface area (Å²) in [7, 11) is 0. The van der Waals surface area contributed by atoms with Crippen LogP contribution in [0.1, 0.15) is 90.9 Å². The highest BCUT2D eigenvalue weighted by Crippen LogP contribution is 2.30. The normalized spacial score (nSPS) is 28.1. The standard InChI is InChI=1S/C22H38N2O2/c1-17-15-24(22(26)14-12-20-9-5-6-10-20)18(2)16-23(17)21(25)13-11-19-7-3-4-8-19/h17-20H,3-16H2,1-2H3. The summed E-state index contributed by atoms with van der Waals surface area (Å²) < 4.78 is 0. The van der Waals surface area contributed by atoms with Gasteiger partial charge in [0.2, 0.25) is 11.8 Å². The zero-order chi connectivity index (χ0) is 18.5. The van der Waals surface area contributed by atoms with Gasteiger partial charge in [-0.2, -0.15) is 0 Å². The highest BCUT2D eigenvalue weighted by atomic mass is 16.2. The maximum absolute atomic E-state index is 12.7. The van der Waals surface area contributed by atoms with E-state index in [-0.39, 0.29) is 12.1 Å². The largest absolute Gasteiger partial charge is 0.336 e. The van der Waals surface area contributed by atoms with E-state index >= 15 is 0 Å². The van der Waals surface area contributed by atoms with Crippen LogP contribution in [0.25, 0.3) is 0 Å². The number of nitrogens with zero attached hydrogens (tertiary/aromatic N) is 2. The maximum atomic E-state index is 12.7. The monoisotopic (exact) mass is 362 g/mol. The van der Waals surface area contributed by atoms with Crippen molar-refractivity contribution in [3.63, 3.8) is 0 Å². The predicted molar refractivity (Wildman–Crippen MR) is 105 cm³/mol. The van der Waals surface area contributed by atoms with Crippen molar-refractivity contribution in [2.24, 2.45) is 11.8 Å². The first-order valence-corrected chi connectivity index (χ1v) is 11.1. The van der Waals surface area contributed by atoms with Gasteiger partial charge in [0.15, 0.2) is 0 Å². The van der Waals surface area contributed by atoms with Crippen LogP contribution in [0, 0.1) is 11.8 Å². The van der Waals surface area contributed by atoms with E-state index in [1.54, 1.807) is 0 Å². The molecule has 0 aromatic rings. The summed E-state index contributed by atoms with van der Waals surface area (Å²) in [6, 6.07) is 0.301. The van der Waals surface area contributed by atoms with Gasteiger partial charge in [0.1, 0.15) is 0 Å². The molecule has 0 radical (unpaired) electrons. The Morgan fingerprint density at radius 3 is 1.38 bits per heavy atom. The molecule has 3 fully saturated rings. The number of hydrogen-bond donors (Lipinski definition) is 0. The Balaban J connectivity index is 1.44. The van der Waals surface area contributed by atoms with Crippen molar-refractivity contribution in [1.82, 2.24) is 9.80 Å². The molecule has 2 amide bonds. The Labute approximate surface area is 159 Å². The highest BCUT2D eigenvalue weighted by Gasteiger charge is 2.34. The third kappa shape index (κ3) is 5.01. The van der Waals surface area contributed by atoms with Gasteiger partial charge >= 0.3 is 0 Å². The van der Waals surface area contributed by atoms with E-state index in [0.717, 1.165) is 24.7 Å². The fourth-order valence-corrected chi connectivity index (χ4v) is 5.36. The minimum atomic E-state index is 0.151. The van der Waals surface area contributed by atoms with Gasteiger partial charge in [-0.3, -0.25) is 9.59 Å². The number of piperazine rings is 1. The molecule has 0 aromatic carbocycles. The average molecular weight is 363 g/mol. The molecule has 3 rings (SSSR count). The fraction of sp³-hybridized carbons (Fsp3) is 0.909. The van der Waals surface area contributed by atoms with E-state index in [1.807, 2.05) is 9.80 Å². The van der Waals surface area contributed by atoms with E-state index < -0.39 is 0 Å². The Morgan fingerprint density at radius 2 is 1.04 bits per heavy atom. The predicted octanol–water partition coefficient (Wildman–Crippen LogP) is 4.38. The molecule has 2 unspecified atom stereocenters. The van der Waals surface area contributed by atoms with E-state index in [9.17, 15) is 9.59 Å². The van der Waals surface area contributed by atoms with Crippen LogP contribution in [0.4, 0.5) is 0 Å². The topological polar surface area (TPSA) is 40.6 Å². The zero-order valence-electron chi connectivity index (χ0n) is 16.9. The number of carbonyl (C=O) groups excluding carboxylic acids is 2. The van der Waals surface area contributed by atoms with Crippen molar-refractivity contribution in [2.45, 2.75) is 103 Å². The lowest BCUT2D eigenvalue weighted by Gasteiger charge is -2.44. The van der Waals surface area contributed by atoms with Crippen molar-refractivity contribution in [1.29, 1.82) is 0 Å². The van der Waals surface area contributed by atoms with Crippen LogP contribution >= 0.6 is 0 Å². The average Bonchev–Trinajstić information content (AvgIpc) is 3.32. The second-order valence-electron chi connectivity index (χ2n) is 9.17. The Morgan fingerprint density at radius 1 is 0.692 bits per heavy atom. The first-order chi connectivity index (χ1) is 12.5. The lowest BCUT2D eigenvalue weighted by molar-refractivity contribution is -0.146. The van der Waals surface area contributed by atoms with Crippen molar-refractivity contribution in [3.8, 4) is 0 Å². The maximum Gasteiger partial charge on any atom is 0.222 e. The van der Waals surface area contributed by atoms with Gasteiger partial charge in [-0.15, -0.1) is 0 Å². The zero-order valence-corrected chi connectivity index (χ0v) is 16.9. The molecule has 148 valence electrons. The minimum absolute atomic E-state index is 0.151. The molecule has 0 aromatic heterocycles. The fourth-order valence-electron chi connectivity index (χ4n) is 5.36. The molecule has 4 nitrogen and oxygen atoms in total. The number of rotatable bonds is 6. The van der Waals surface area contributed by atoms with Crippen LogP contribution < -0.4 is 0 Å². The Bertz CT molecular complexity index is 437. The van der Waals surface area contributed by atoms with Crippen LogP contribution in [0.3, 0.4) is 0 Å². The van der Waals surface area contributed by atoms with Crippen LogP contribution in [0.2, 0.25) is 0 Å². The van der Waals surface area contributed by atoms with Crippen LogP contribution in [0.5, 0.6) is 0 Å². The van der Waals surface area contributed by atoms with E-state index in [0.29, 0.717) is 37.7 Å². The summed E-state index contributed by atoms with van der Waals surface area (Å²) >= 11 is 0. The molecular weight excluding hydrogens is 324 g/mol. The van der Waals surface area contributed by atoms with Crippen molar-refractivity contribution in [3.05, 3.63) is 0 Å². The third-order valence-electron chi connectivity index (χ3n) is 7.11. The van der Waals surface area contributed by atoms with Gasteiger partial charge in [0.25, 0.3) is 0 Å². The quantitative estimate of drug-likeness (QED) is 0.704. The van der Waals surface area contributed by atoms with E-state index in [2.05, 4.69) is 13.8 Å². The molecule has 0 bridgehead atoms. The first kappa shape index (κ1) is 19.7. The van der Waals surface area contributed by atoms with Crippen molar-refractivity contribution < 1.29 is 9.59 Å². The van der Waals surface area contributed by atoms with Crippen molar-refractivity contribution in [2.75, 3.05) is 13.1 Å². The van der Waals surface area contributed by atoms with E-state index in [1.165, 1.54) is 51.4 Å². The molecular formula is C22H38N2O2. The molecule has 26 heavy (non-hydrogen) atoms. The van der Waals surface area contributed by atoms with Gasteiger partial charge in [-0.05, 0) is 38.5 Å². The summed E-state index contributed by atoms with van der Waals surface area (Å²) in [5, 5.41) is 0. The summed E-state index contributed by atoms with van der Waals surface area (Å²) in [5.41, 5.74) is 0. The summed E-state index contributed by atoms with van der Waals surface area (Å²) in [4.78, 5) is 29.5. The SMILES string of the molecule is CC1CN(C(=O)CCC2CCCC2)C(C)CN1C(=O)CCC1CCCC1. The van der Waals surface area contributed by atoms with Gasteiger partial charge in [-0.25, -0.2) is 0 Å². The summed E-state index contributed by atoms with van der Waals surface area (Å²) in [6.45, 7) is 5.63. The number of carbonyl (C=O) groups is 2. The first-order valence-electron chi connectivity index (χ1n) is 11.1. The van der Waals surface area contributed by atoms with E-state index in [4.69, 9.17) is 0 Å².